The monoisotopic (exact) mass is 220 g/mol. The number of carbonyl (C=O) groups is 1. The highest BCUT2D eigenvalue weighted by Gasteiger charge is 2.18. The number of aromatic nitrogens is 1. The molecule has 0 unspecified atom stereocenters. The second-order valence-electron chi connectivity index (χ2n) is 3.69. The first-order valence-corrected chi connectivity index (χ1v) is 5.45. The summed E-state index contributed by atoms with van der Waals surface area (Å²) in [6, 6.07) is 3.60. The van der Waals surface area contributed by atoms with E-state index in [-0.39, 0.29) is 5.91 Å². The number of hydrogen-bond donors (Lipinski definition) is 2. The van der Waals surface area contributed by atoms with Gasteiger partial charge in [0, 0.05) is 39.4 Å². The Morgan fingerprint density at radius 2 is 2.25 bits per heavy atom. The SMILES string of the molecule is CNC(=O)c1cccnc1N1CCNCC1. The number of pyridine rings is 1. The van der Waals surface area contributed by atoms with Crippen molar-refractivity contribution < 1.29 is 4.79 Å². The van der Waals surface area contributed by atoms with Crippen LogP contribution in [0, 0.1) is 0 Å². The van der Waals surface area contributed by atoms with Crippen LogP contribution in [0.15, 0.2) is 18.3 Å². The quantitative estimate of drug-likeness (QED) is 0.728. The average molecular weight is 220 g/mol. The highest BCUT2D eigenvalue weighted by molar-refractivity contribution is 5.98. The highest BCUT2D eigenvalue weighted by Crippen LogP contribution is 2.17. The lowest BCUT2D eigenvalue weighted by Gasteiger charge is -2.29. The molecule has 2 heterocycles. The maximum atomic E-state index is 11.7. The second-order valence-corrected chi connectivity index (χ2v) is 3.69. The van der Waals surface area contributed by atoms with E-state index in [0.717, 1.165) is 32.0 Å². The molecule has 0 radical (unpaired) electrons. The molecule has 1 fully saturated rings. The summed E-state index contributed by atoms with van der Waals surface area (Å²) in [5.41, 5.74) is 0.645. The van der Waals surface area contributed by atoms with Crippen molar-refractivity contribution in [3.05, 3.63) is 23.9 Å². The molecule has 2 N–H and O–H groups in total. The zero-order valence-corrected chi connectivity index (χ0v) is 9.36. The molecular weight excluding hydrogens is 204 g/mol. The average Bonchev–Trinajstić information content (AvgIpc) is 2.39. The number of carbonyl (C=O) groups excluding carboxylic acids is 1. The fourth-order valence-corrected chi connectivity index (χ4v) is 1.84. The summed E-state index contributed by atoms with van der Waals surface area (Å²) in [4.78, 5) is 18.1. The van der Waals surface area contributed by atoms with Crippen LogP contribution < -0.4 is 15.5 Å². The number of hydrogen-bond acceptors (Lipinski definition) is 4. The first kappa shape index (κ1) is 10.9. The molecular formula is C11H16N4O. The van der Waals surface area contributed by atoms with Gasteiger partial charge in [0.05, 0.1) is 5.56 Å². The van der Waals surface area contributed by atoms with E-state index < -0.39 is 0 Å². The van der Waals surface area contributed by atoms with Gasteiger partial charge < -0.3 is 15.5 Å². The van der Waals surface area contributed by atoms with Gasteiger partial charge in [0.1, 0.15) is 5.82 Å². The zero-order chi connectivity index (χ0) is 11.4. The van der Waals surface area contributed by atoms with E-state index in [1.54, 1.807) is 19.3 Å². The van der Waals surface area contributed by atoms with Crippen molar-refractivity contribution in [2.45, 2.75) is 0 Å². The minimum atomic E-state index is -0.0818. The smallest absolute Gasteiger partial charge is 0.254 e. The third-order valence-electron chi connectivity index (χ3n) is 2.67. The van der Waals surface area contributed by atoms with Crippen LogP contribution >= 0.6 is 0 Å². The number of piperazine rings is 1. The summed E-state index contributed by atoms with van der Waals surface area (Å²) >= 11 is 0. The van der Waals surface area contributed by atoms with E-state index in [4.69, 9.17) is 0 Å². The van der Waals surface area contributed by atoms with E-state index in [2.05, 4.69) is 20.5 Å². The van der Waals surface area contributed by atoms with Gasteiger partial charge in [-0.25, -0.2) is 4.98 Å². The van der Waals surface area contributed by atoms with E-state index in [1.165, 1.54) is 0 Å². The van der Waals surface area contributed by atoms with Gasteiger partial charge in [-0.05, 0) is 12.1 Å². The van der Waals surface area contributed by atoms with Crippen molar-refractivity contribution in [2.75, 3.05) is 38.1 Å². The Morgan fingerprint density at radius 3 is 2.94 bits per heavy atom. The third-order valence-corrected chi connectivity index (χ3v) is 2.67. The molecule has 1 aromatic rings. The molecule has 0 aliphatic carbocycles. The molecule has 1 amide bonds. The van der Waals surface area contributed by atoms with Crippen molar-refractivity contribution in [1.29, 1.82) is 0 Å². The molecule has 1 saturated heterocycles. The van der Waals surface area contributed by atoms with Gasteiger partial charge in [-0.1, -0.05) is 0 Å². The number of amides is 1. The fraction of sp³-hybridized carbons (Fsp3) is 0.455. The summed E-state index contributed by atoms with van der Waals surface area (Å²) < 4.78 is 0. The van der Waals surface area contributed by atoms with Gasteiger partial charge in [-0.2, -0.15) is 0 Å². The van der Waals surface area contributed by atoms with Crippen LogP contribution in [0.25, 0.3) is 0 Å². The molecule has 86 valence electrons. The maximum Gasteiger partial charge on any atom is 0.254 e. The van der Waals surface area contributed by atoms with Gasteiger partial charge >= 0.3 is 0 Å². The topological polar surface area (TPSA) is 57.3 Å². The van der Waals surface area contributed by atoms with Crippen molar-refractivity contribution in [2.24, 2.45) is 0 Å². The Kier molecular flexibility index (Phi) is 3.36. The first-order valence-electron chi connectivity index (χ1n) is 5.45. The molecule has 16 heavy (non-hydrogen) atoms. The van der Waals surface area contributed by atoms with Crippen molar-refractivity contribution in [1.82, 2.24) is 15.6 Å². The Morgan fingerprint density at radius 1 is 1.50 bits per heavy atom. The summed E-state index contributed by atoms with van der Waals surface area (Å²) in [6.45, 7) is 3.65. The van der Waals surface area contributed by atoms with Crippen LogP contribution in [-0.2, 0) is 0 Å². The van der Waals surface area contributed by atoms with Gasteiger partial charge in [-0.15, -0.1) is 0 Å². The van der Waals surface area contributed by atoms with Crippen LogP contribution in [0.3, 0.4) is 0 Å². The molecule has 2 rings (SSSR count). The number of nitrogens with zero attached hydrogens (tertiary/aromatic N) is 2. The second kappa shape index (κ2) is 4.94. The molecule has 1 aliphatic heterocycles. The van der Waals surface area contributed by atoms with Crippen molar-refractivity contribution in [3.63, 3.8) is 0 Å². The van der Waals surface area contributed by atoms with E-state index in [9.17, 15) is 4.79 Å². The Bertz CT molecular complexity index is 374. The lowest BCUT2D eigenvalue weighted by atomic mass is 10.2. The minimum Gasteiger partial charge on any atom is -0.355 e. The number of nitrogens with one attached hydrogen (secondary N) is 2. The highest BCUT2D eigenvalue weighted by atomic mass is 16.1. The third kappa shape index (κ3) is 2.14. The Hall–Kier alpha value is -1.62. The fourth-order valence-electron chi connectivity index (χ4n) is 1.84. The number of anilines is 1. The largest absolute Gasteiger partial charge is 0.355 e. The molecule has 1 aliphatic rings. The summed E-state index contributed by atoms with van der Waals surface area (Å²) in [5, 5.41) is 5.92. The molecule has 1 aromatic heterocycles. The summed E-state index contributed by atoms with van der Waals surface area (Å²) in [5.74, 6) is 0.699. The van der Waals surface area contributed by atoms with E-state index in [0.29, 0.717) is 5.56 Å². The van der Waals surface area contributed by atoms with Crippen LogP contribution in [-0.4, -0.2) is 44.1 Å². The minimum absolute atomic E-state index is 0.0818. The molecule has 0 spiro atoms. The van der Waals surface area contributed by atoms with Gasteiger partial charge in [-0.3, -0.25) is 4.79 Å². The van der Waals surface area contributed by atoms with Crippen LogP contribution in [0.1, 0.15) is 10.4 Å². The Labute approximate surface area is 94.9 Å². The molecule has 0 aromatic carbocycles. The lowest BCUT2D eigenvalue weighted by molar-refractivity contribution is 0.0963. The molecule has 0 saturated carbocycles. The predicted molar refractivity (Wildman–Crippen MR) is 62.7 cm³/mol. The zero-order valence-electron chi connectivity index (χ0n) is 9.36. The molecule has 0 bridgehead atoms. The Balaban J connectivity index is 2.28. The normalized spacial score (nSPS) is 15.9. The lowest BCUT2D eigenvalue weighted by Crippen LogP contribution is -2.44. The van der Waals surface area contributed by atoms with E-state index in [1.807, 2.05) is 6.07 Å². The molecule has 0 atom stereocenters. The van der Waals surface area contributed by atoms with Crippen LogP contribution in [0.2, 0.25) is 0 Å². The molecule has 5 heteroatoms. The number of rotatable bonds is 2. The van der Waals surface area contributed by atoms with Gasteiger partial charge in [0.2, 0.25) is 0 Å². The molecule has 5 nitrogen and oxygen atoms in total. The van der Waals surface area contributed by atoms with Gasteiger partial charge in [0.25, 0.3) is 5.91 Å². The first-order chi connectivity index (χ1) is 7.83. The van der Waals surface area contributed by atoms with Gasteiger partial charge in [0.15, 0.2) is 0 Å². The van der Waals surface area contributed by atoms with Crippen LogP contribution in [0.4, 0.5) is 5.82 Å². The summed E-state index contributed by atoms with van der Waals surface area (Å²) in [6.07, 6.45) is 1.73. The maximum absolute atomic E-state index is 11.7. The summed E-state index contributed by atoms with van der Waals surface area (Å²) in [7, 11) is 1.64. The van der Waals surface area contributed by atoms with Crippen LogP contribution in [0.5, 0.6) is 0 Å². The van der Waals surface area contributed by atoms with Crippen molar-refractivity contribution in [3.8, 4) is 0 Å². The standard InChI is InChI=1S/C11H16N4O/c1-12-11(16)9-3-2-4-14-10(9)15-7-5-13-6-8-15/h2-4,13H,5-8H2,1H3,(H,12,16). The predicted octanol–water partition coefficient (Wildman–Crippen LogP) is -0.149. The van der Waals surface area contributed by atoms with E-state index >= 15 is 0 Å². The van der Waals surface area contributed by atoms with Crippen molar-refractivity contribution >= 4 is 11.7 Å².